The van der Waals surface area contributed by atoms with Crippen molar-refractivity contribution < 1.29 is 23.6 Å². The average Bonchev–Trinajstić information content (AvgIpc) is 3.16. The zero-order valence-electron chi connectivity index (χ0n) is 15.0. The molecule has 1 atom stereocenters. The smallest absolute Gasteiger partial charge is 0.268 e. The average molecular weight is 471 g/mol. The van der Waals surface area contributed by atoms with Crippen LogP contribution in [0.4, 0.5) is 8.78 Å². The zero-order chi connectivity index (χ0) is 20.6. The third-order valence-electron chi connectivity index (χ3n) is 4.14. The molecular weight excluding hydrogens is 454 g/mol. The predicted octanol–water partition coefficient (Wildman–Crippen LogP) is 4.83. The first-order valence-electron chi connectivity index (χ1n) is 8.42. The molecule has 1 unspecified atom stereocenters. The highest BCUT2D eigenvalue weighted by atomic mass is 79.9. The molecule has 1 aromatic carbocycles. The number of benzene rings is 1. The van der Waals surface area contributed by atoms with Crippen LogP contribution in [0.25, 0.3) is 6.08 Å². The lowest BCUT2D eigenvalue weighted by molar-refractivity contribution is -0.168. The minimum absolute atomic E-state index is 0.199. The monoisotopic (exact) mass is 470 g/mol. The number of halogens is 3. The van der Waals surface area contributed by atoms with Crippen molar-refractivity contribution in [2.24, 2.45) is 5.92 Å². The predicted molar refractivity (Wildman–Crippen MR) is 105 cm³/mol. The number of nitrogens with zero attached hydrogens (tertiary/aromatic N) is 2. The fourth-order valence-corrected chi connectivity index (χ4v) is 4.37. The van der Waals surface area contributed by atoms with Crippen molar-refractivity contribution in [3.63, 3.8) is 0 Å². The van der Waals surface area contributed by atoms with E-state index in [-0.39, 0.29) is 5.92 Å². The molecule has 3 rings (SSSR count). The van der Waals surface area contributed by atoms with Crippen LogP contribution in [0.2, 0.25) is 0 Å². The Morgan fingerprint density at radius 2 is 1.96 bits per heavy atom. The highest BCUT2D eigenvalue weighted by Crippen LogP contribution is 2.36. The standard InChI is InChI=1S/C19H17BrF2N2O3S/c1-10(2)3-4-11-5-13(21)17(14(22)6-11)19(26)23-8-16(25)24(27)18(23)15-7-12(20)9-28-15/h3-7,9-10,18,27H,8H2,1-2H3. The van der Waals surface area contributed by atoms with Crippen molar-refractivity contribution >= 4 is 45.2 Å². The van der Waals surface area contributed by atoms with E-state index in [1.54, 1.807) is 23.6 Å². The van der Waals surface area contributed by atoms with Crippen molar-refractivity contribution in [3.05, 3.63) is 61.8 Å². The van der Waals surface area contributed by atoms with E-state index in [9.17, 15) is 23.6 Å². The number of thiophene rings is 1. The highest BCUT2D eigenvalue weighted by molar-refractivity contribution is 9.10. The molecule has 1 fully saturated rings. The Bertz CT molecular complexity index is 937. The van der Waals surface area contributed by atoms with Gasteiger partial charge in [0.05, 0.1) is 4.88 Å². The fourth-order valence-electron chi connectivity index (χ4n) is 2.83. The molecule has 0 radical (unpaired) electrons. The molecule has 2 heterocycles. The Balaban J connectivity index is 1.97. The largest absolute Gasteiger partial charge is 0.302 e. The highest BCUT2D eigenvalue weighted by Gasteiger charge is 2.43. The fraction of sp³-hybridized carbons (Fsp3) is 0.263. The van der Waals surface area contributed by atoms with E-state index in [2.05, 4.69) is 15.9 Å². The maximum atomic E-state index is 14.6. The minimum Gasteiger partial charge on any atom is -0.302 e. The number of hydroxylamine groups is 2. The zero-order valence-corrected chi connectivity index (χ0v) is 17.4. The van der Waals surface area contributed by atoms with Gasteiger partial charge in [0, 0.05) is 9.85 Å². The van der Waals surface area contributed by atoms with Gasteiger partial charge < -0.3 is 4.90 Å². The second kappa shape index (κ2) is 8.10. The second-order valence-corrected chi connectivity index (χ2v) is 8.53. The summed E-state index contributed by atoms with van der Waals surface area (Å²) in [5, 5.41) is 12.2. The molecule has 1 aromatic heterocycles. The number of carbonyl (C=O) groups excluding carboxylic acids is 2. The van der Waals surface area contributed by atoms with E-state index in [0.29, 0.717) is 20.0 Å². The topological polar surface area (TPSA) is 60.9 Å². The van der Waals surface area contributed by atoms with Crippen LogP contribution in [0.1, 0.15) is 40.8 Å². The number of allylic oxidation sites excluding steroid dienone is 1. The number of hydrogen-bond acceptors (Lipinski definition) is 4. The van der Waals surface area contributed by atoms with Gasteiger partial charge in [0.15, 0.2) is 6.17 Å². The first-order valence-corrected chi connectivity index (χ1v) is 10.1. The molecule has 1 aliphatic heterocycles. The van der Waals surface area contributed by atoms with Crippen LogP contribution in [0.15, 0.2) is 34.1 Å². The Labute approximate surface area is 173 Å². The molecule has 2 aromatic rings. The third-order valence-corrected chi connectivity index (χ3v) is 5.88. The van der Waals surface area contributed by atoms with E-state index < -0.39 is 41.7 Å². The first-order chi connectivity index (χ1) is 13.2. The van der Waals surface area contributed by atoms with Crippen LogP contribution in [-0.4, -0.2) is 33.5 Å². The molecule has 0 bridgehead atoms. The molecule has 1 aliphatic rings. The Hall–Kier alpha value is -2.10. The van der Waals surface area contributed by atoms with E-state index in [1.165, 1.54) is 11.3 Å². The van der Waals surface area contributed by atoms with Crippen molar-refractivity contribution in [2.75, 3.05) is 6.54 Å². The first kappa shape index (κ1) is 20.6. The molecule has 28 heavy (non-hydrogen) atoms. The second-order valence-electron chi connectivity index (χ2n) is 6.68. The van der Waals surface area contributed by atoms with Crippen molar-refractivity contribution in [1.29, 1.82) is 0 Å². The quantitative estimate of drug-likeness (QED) is 0.650. The van der Waals surface area contributed by atoms with Crippen LogP contribution in [-0.2, 0) is 4.79 Å². The molecule has 1 N–H and O–H groups in total. The summed E-state index contributed by atoms with van der Waals surface area (Å²) in [5.74, 6) is -3.59. The molecule has 0 aliphatic carbocycles. The van der Waals surface area contributed by atoms with Crippen molar-refractivity contribution in [3.8, 4) is 0 Å². The maximum absolute atomic E-state index is 14.6. The summed E-state index contributed by atoms with van der Waals surface area (Å²) in [5.41, 5.74) is -0.467. The Morgan fingerprint density at radius 1 is 1.32 bits per heavy atom. The number of rotatable bonds is 4. The van der Waals surface area contributed by atoms with Crippen LogP contribution < -0.4 is 0 Å². The summed E-state index contributed by atoms with van der Waals surface area (Å²) in [4.78, 5) is 26.3. The van der Waals surface area contributed by atoms with Gasteiger partial charge in [-0.1, -0.05) is 26.0 Å². The van der Waals surface area contributed by atoms with Crippen molar-refractivity contribution in [2.45, 2.75) is 20.0 Å². The van der Waals surface area contributed by atoms with Gasteiger partial charge in [-0.3, -0.25) is 14.8 Å². The van der Waals surface area contributed by atoms with E-state index in [4.69, 9.17) is 0 Å². The SMILES string of the molecule is CC(C)C=Cc1cc(F)c(C(=O)N2CC(=O)N(O)C2c2cc(Br)cs2)c(F)c1. The van der Waals surface area contributed by atoms with E-state index in [1.807, 2.05) is 13.8 Å². The summed E-state index contributed by atoms with van der Waals surface area (Å²) in [6.45, 7) is 3.37. The van der Waals surface area contributed by atoms with Gasteiger partial charge in [0.1, 0.15) is 23.7 Å². The molecule has 0 spiro atoms. The van der Waals surface area contributed by atoms with Gasteiger partial charge in [-0.05, 0) is 45.6 Å². The Morgan fingerprint density at radius 3 is 2.50 bits per heavy atom. The molecule has 9 heteroatoms. The summed E-state index contributed by atoms with van der Waals surface area (Å²) in [6.07, 6.45) is 2.21. The van der Waals surface area contributed by atoms with Gasteiger partial charge in [0.25, 0.3) is 11.8 Å². The summed E-state index contributed by atoms with van der Waals surface area (Å²) < 4.78 is 29.9. The normalized spacial score (nSPS) is 17.4. The van der Waals surface area contributed by atoms with Crippen LogP contribution in [0.5, 0.6) is 0 Å². The Kier molecular flexibility index (Phi) is 5.97. The molecular formula is C19H17BrF2N2O3S. The van der Waals surface area contributed by atoms with Gasteiger partial charge in [-0.25, -0.2) is 8.78 Å². The third kappa shape index (κ3) is 4.01. The van der Waals surface area contributed by atoms with Crippen LogP contribution >= 0.6 is 27.3 Å². The lowest BCUT2D eigenvalue weighted by Crippen LogP contribution is -2.35. The lowest BCUT2D eigenvalue weighted by atomic mass is 10.1. The summed E-state index contributed by atoms with van der Waals surface area (Å²) in [7, 11) is 0. The molecule has 148 valence electrons. The lowest BCUT2D eigenvalue weighted by Gasteiger charge is -2.25. The van der Waals surface area contributed by atoms with E-state index in [0.717, 1.165) is 17.0 Å². The molecule has 2 amide bonds. The number of carbonyl (C=O) groups is 2. The molecule has 5 nitrogen and oxygen atoms in total. The van der Waals surface area contributed by atoms with Gasteiger partial charge >= 0.3 is 0 Å². The number of amides is 2. The van der Waals surface area contributed by atoms with Gasteiger partial charge in [0.2, 0.25) is 0 Å². The maximum Gasteiger partial charge on any atom is 0.268 e. The van der Waals surface area contributed by atoms with E-state index >= 15 is 0 Å². The van der Waals surface area contributed by atoms with Gasteiger partial charge in [-0.2, -0.15) is 5.06 Å². The van der Waals surface area contributed by atoms with Crippen molar-refractivity contribution in [1.82, 2.24) is 9.96 Å². The number of hydrogen-bond donors (Lipinski definition) is 1. The van der Waals surface area contributed by atoms with Crippen LogP contribution in [0, 0.1) is 17.6 Å². The molecule has 0 saturated carbocycles. The molecule has 1 saturated heterocycles. The summed E-state index contributed by atoms with van der Waals surface area (Å²) in [6, 6.07) is 3.77. The minimum atomic E-state index is -1.14. The van der Waals surface area contributed by atoms with Crippen LogP contribution in [0.3, 0.4) is 0 Å². The summed E-state index contributed by atoms with van der Waals surface area (Å²) >= 11 is 4.47. The van der Waals surface area contributed by atoms with Gasteiger partial charge in [-0.15, -0.1) is 11.3 Å².